The lowest BCUT2D eigenvalue weighted by Gasteiger charge is -2.02. The molecule has 0 aliphatic carbocycles. The van der Waals surface area contributed by atoms with E-state index in [1.54, 1.807) is 13.8 Å². The molecule has 0 atom stereocenters. The molecule has 0 spiro atoms. The van der Waals surface area contributed by atoms with E-state index in [4.69, 9.17) is 13.9 Å². The first-order chi connectivity index (χ1) is 8.62. The number of ether oxygens (including phenoxy) is 2. The van der Waals surface area contributed by atoms with Gasteiger partial charge >= 0.3 is 11.9 Å². The van der Waals surface area contributed by atoms with Crippen LogP contribution in [0.5, 0.6) is 0 Å². The summed E-state index contributed by atoms with van der Waals surface area (Å²) in [6.07, 6.45) is 0.243. The number of esters is 2. The van der Waals surface area contributed by atoms with Gasteiger partial charge in [-0.15, -0.1) is 0 Å². The van der Waals surface area contributed by atoms with E-state index in [2.05, 4.69) is 0 Å². The van der Waals surface area contributed by atoms with Crippen molar-refractivity contribution < 1.29 is 28.3 Å². The average molecular weight is 254 g/mol. The van der Waals surface area contributed by atoms with Crippen molar-refractivity contribution in [3.63, 3.8) is 0 Å². The minimum atomic E-state index is -0.631. The lowest BCUT2D eigenvalue weighted by molar-refractivity contribution is -0.142. The van der Waals surface area contributed by atoms with Gasteiger partial charge in [0.2, 0.25) is 0 Å². The molecular weight excluding hydrogens is 240 g/mol. The molecule has 6 nitrogen and oxygen atoms in total. The molecule has 0 fully saturated rings. The van der Waals surface area contributed by atoms with Crippen LogP contribution >= 0.6 is 0 Å². The second-order valence-electron chi connectivity index (χ2n) is 3.31. The molecule has 18 heavy (non-hydrogen) atoms. The van der Waals surface area contributed by atoms with E-state index in [-0.39, 0.29) is 36.7 Å². The topological polar surface area (TPSA) is 82.8 Å². The van der Waals surface area contributed by atoms with Crippen LogP contribution in [0.4, 0.5) is 0 Å². The van der Waals surface area contributed by atoms with Gasteiger partial charge in [0.15, 0.2) is 12.0 Å². The molecule has 0 aliphatic rings. The Bertz CT molecular complexity index is 445. The van der Waals surface area contributed by atoms with Gasteiger partial charge in [-0.3, -0.25) is 9.59 Å². The van der Waals surface area contributed by atoms with Crippen molar-refractivity contribution in [2.75, 3.05) is 13.2 Å². The predicted molar refractivity (Wildman–Crippen MR) is 60.4 cm³/mol. The van der Waals surface area contributed by atoms with Crippen LogP contribution in [0.1, 0.15) is 40.5 Å². The molecule has 0 unspecified atom stereocenters. The fraction of sp³-hybridized carbons (Fsp3) is 0.417. The summed E-state index contributed by atoms with van der Waals surface area (Å²) >= 11 is 0. The Hall–Kier alpha value is -2.11. The first-order valence-electron chi connectivity index (χ1n) is 5.53. The van der Waals surface area contributed by atoms with Crippen LogP contribution in [-0.2, 0) is 20.7 Å². The van der Waals surface area contributed by atoms with Crippen molar-refractivity contribution in [2.45, 2.75) is 20.3 Å². The highest BCUT2D eigenvalue weighted by Crippen LogP contribution is 2.17. The van der Waals surface area contributed by atoms with E-state index in [0.717, 1.165) is 0 Å². The number of aldehydes is 1. The van der Waals surface area contributed by atoms with Crippen molar-refractivity contribution in [3.05, 3.63) is 23.2 Å². The molecule has 6 heteroatoms. The minimum absolute atomic E-state index is 0.0302. The fourth-order valence-electron chi connectivity index (χ4n) is 1.36. The quantitative estimate of drug-likeness (QED) is 0.563. The highest BCUT2D eigenvalue weighted by Gasteiger charge is 2.21. The van der Waals surface area contributed by atoms with Crippen molar-refractivity contribution in [3.8, 4) is 0 Å². The van der Waals surface area contributed by atoms with E-state index >= 15 is 0 Å². The highest BCUT2D eigenvalue weighted by atomic mass is 16.5. The molecule has 0 aliphatic heterocycles. The Balaban J connectivity index is 2.94. The van der Waals surface area contributed by atoms with E-state index in [1.807, 2.05) is 0 Å². The maximum atomic E-state index is 11.6. The lowest BCUT2D eigenvalue weighted by Crippen LogP contribution is -2.11. The number of carbonyl (C=O) groups is 3. The standard InChI is InChI=1S/C12H14O6/c1-3-16-11(14)6-10-9(12(15)17-4-2)5-8(7-13)18-10/h5,7H,3-4,6H2,1-2H3. The van der Waals surface area contributed by atoms with Crippen molar-refractivity contribution in [1.29, 1.82) is 0 Å². The van der Waals surface area contributed by atoms with E-state index < -0.39 is 11.9 Å². The number of hydrogen-bond donors (Lipinski definition) is 0. The normalized spacial score (nSPS) is 9.89. The third-order valence-electron chi connectivity index (χ3n) is 2.05. The van der Waals surface area contributed by atoms with E-state index in [1.165, 1.54) is 6.07 Å². The Morgan fingerprint density at radius 3 is 2.50 bits per heavy atom. The summed E-state index contributed by atoms with van der Waals surface area (Å²) in [7, 11) is 0. The van der Waals surface area contributed by atoms with Crippen LogP contribution in [-0.4, -0.2) is 31.4 Å². The van der Waals surface area contributed by atoms with Crippen LogP contribution in [0.25, 0.3) is 0 Å². The van der Waals surface area contributed by atoms with E-state index in [0.29, 0.717) is 6.29 Å². The number of hydrogen-bond acceptors (Lipinski definition) is 6. The van der Waals surface area contributed by atoms with Crippen LogP contribution in [0.2, 0.25) is 0 Å². The predicted octanol–water partition coefficient (Wildman–Crippen LogP) is 1.37. The SMILES string of the molecule is CCOC(=O)Cc1oc(C=O)cc1C(=O)OCC. The molecule has 1 heterocycles. The van der Waals surface area contributed by atoms with Crippen LogP contribution in [0.15, 0.2) is 10.5 Å². The first kappa shape index (κ1) is 14.0. The van der Waals surface area contributed by atoms with Gasteiger partial charge in [-0.1, -0.05) is 0 Å². The Morgan fingerprint density at radius 2 is 1.94 bits per heavy atom. The second kappa shape index (κ2) is 6.58. The van der Waals surface area contributed by atoms with Crippen LogP contribution in [0, 0.1) is 0 Å². The molecule has 0 N–H and O–H groups in total. The molecule has 0 aromatic carbocycles. The van der Waals surface area contributed by atoms with Crippen molar-refractivity contribution >= 4 is 18.2 Å². The second-order valence-corrected chi connectivity index (χ2v) is 3.31. The fourth-order valence-corrected chi connectivity index (χ4v) is 1.36. The van der Waals surface area contributed by atoms with Gasteiger partial charge in [-0.05, 0) is 13.8 Å². The summed E-state index contributed by atoms with van der Waals surface area (Å²) < 4.78 is 14.6. The molecule has 0 saturated carbocycles. The first-order valence-corrected chi connectivity index (χ1v) is 5.53. The molecule has 1 aromatic heterocycles. The number of rotatable bonds is 6. The molecule has 0 amide bonds. The lowest BCUT2D eigenvalue weighted by atomic mass is 10.2. The third-order valence-corrected chi connectivity index (χ3v) is 2.05. The number of carbonyl (C=O) groups excluding carboxylic acids is 3. The van der Waals surface area contributed by atoms with Gasteiger partial charge in [0.25, 0.3) is 0 Å². The van der Waals surface area contributed by atoms with Gasteiger partial charge in [-0.25, -0.2) is 4.79 Å². The van der Waals surface area contributed by atoms with E-state index in [9.17, 15) is 14.4 Å². The highest BCUT2D eigenvalue weighted by molar-refractivity contribution is 5.93. The minimum Gasteiger partial charge on any atom is -0.466 e. The van der Waals surface area contributed by atoms with Gasteiger partial charge in [0.1, 0.15) is 17.7 Å². The summed E-state index contributed by atoms with van der Waals surface area (Å²) in [5.41, 5.74) is 0.0759. The maximum Gasteiger partial charge on any atom is 0.341 e. The number of furan rings is 1. The van der Waals surface area contributed by atoms with Crippen LogP contribution in [0.3, 0.4) is 0 Å². The summed E-state index contributed by atoms with van der Waals surface area (Å²) in [6, 6.07) is 1.25. The zero-order valence-electron chi connectivity index (χ0n) is 10.2. The Labute approximate surface area is 104 Å². The Kier molecular flexibility index (Phi) is 5.10. The maximum absolute atomic E-state index is 11.6. The zero-order valence-corrected chi connectivity index (χ0v) is 10.2. The summed E-state index contributed by atoms with van der Waals surface area (Å²) in [5.74, 6) is -1.12. The molecule has 98 valence electrons. The van der Waals surface area contributed by atoms with Crippen molar-refractivity contribution in [1.82, 2.24) is 0 Å². The molecule has 0 bridgehead atoms. The molecule has 0 saturated heterocycles. The third kappa shape index (κ3) is 3.44. The summed E-state index contributed by atoms with van der Waals surface area (Å²) in [5, 5.41) is 0. The molecule has 1 aromatic rings. The van der Waals surface area contributed by atoms with Gasteiger partial charge in [-0.2, -0.15) is 0 Å². The van der Waals surface area contributed by atoms with Gasteiger partial charge in [0.05, 0.1) is 13.2 Å². The monoisotopic (exact) mass is 254 g/mol. The molecular formula is C12H14O6. The summed E-state index contributed by atoms with van der Waals surface area (Å²) in [4.78, 5) is 33.5. The van der Waals surface area contributed by atoms with Gasteiger partial charge in [0, 0.05) is 6.07 Å². The summed E-state index contributed by atoms with van der Waals surface area (Å²) in [6.45, 7) is 3.75. The van der Waals surface area contributed by atoms with Crippen molar-refractivity contribution in [2.24, 2.45) is 0 Å². The smallest absolute Gasteiger partial charge is 0.341 e. The molecule has 1 rings (SSSR count). The van der Waals surface area contributed by atoms with Gasteiger partial charge < -0.3 is 13.9 Å². The zero-order chi connectivity index (χ0) is 13.5. The van der Waals surface area contributed by atoms with Crippen LogP contribution < -0.4 is 0 Å². The average Bonchev–Trinajstić information content (AvgIpc) is 2.73. The molecule has 0 radical (unpaired) electrons. The Morgan fingerprint density at radius 1 is 1.28 bits per heavy atom. The largest absolute Gasteiger partial charge is 0.466 e.